The van der Waals surface area contributed by atoms with Crippen LogP contribution < -0.4 is 10.0 Å². The smallest absolute Gasteiger partial charge is 0.265 e. The first-order chi connectivity index (χ1) is 9.85. The maximum absolute atomic E-state index is 12.6. The van der Waals surface area contributed by atoms with E-state index in [1.165, 1.54) is 31.3 Å². The Labute approximate surface area is 128 Å². The molecule has 0 aliphatic carbocycles. The third-order valence-electron chi connectivity index (χ3n) is 2.98. The summed E-state index contributed by atoms with van der Waals surface area (Å²) in [6.45, 7) is 0. The molecule has 110 valence electrons. The molecule has 0 saturated heterocycles. The molecule has 0 heterocycles. The molecule has 0 bridgehead atoms. The SMILES string of the molecule is CN(c1ccccc1C(N)=O)S(=O)(=O)c1ccccc1Cl. The van der Waals surface area contributed by atoms with Crippen LogP contribution in [0.4, 0.5) is 5.69 Å². The lowest BCUT2D eigenvalue weighted by molar-refractivity contribution is 0.100. The number of hydrogen-bond acceptors (Lipinski definition) is 3. The average molecular weight is 325 g/mol. The van der Waals surface area contributed by atoms with E-state index in [2.05, 4.69) is 0 Å². The average Bonchev–Trinajstić information content (AvgIpc) is 2.46. The fraction of sp³-hybridized carbons (Fsp3) is 0.0714. The third-order valence-corrected chi connectivity index (χ3v) is 5.26. The van der Waals surface area contributed by atoms with Crippen LogP contribution in [0.3, 0.4) is 0 Å². The zero-order chi connectivity index (χ0) is 15.6. The minimum Gasteiger partial charge on any atom is -0.366 e. The van der Waals surface area contributed by atoms with Crippen molar-refractivity contribution in [2.45, 2.75) is 4.90 Å². The number of anilines is 1. The lowest BCUT2D eigenvalue weighted by Gasteiger charge is -2.21. The number of benzene rings is 2. The number of rotatable bonds is 4. The summed E-state index contributed by atoms with van der Waals surface area (Å²) >= 11 is 5.95. The molecule has 21 heavy (non-hydrogen) atoms. The predicted molar refractivity (Wildman–Crippen MR) is 82.0 cm³/mol. The molecule has 0 radical (unpaired) electrons. The van der Waals surface area contributed by atoms with Crippen LogP contribution in [0, 0.1) is 0 Å². The zero-order valence-corrected chi connectivity index (χ0v) is 12.7. The molecule has 7 heteroatoms. The Morgan fingerprint density at radius 3 is 2.29 bits per heavy atom. The van der Waals surface area contributed by atoms with Crippen LogP contribution in [-0.2, 0) is 10.0 Å². The quantitative estimate of drug-likeness (QED) is 0.936. The van der Waals surface area contributed by atoms with E-state index in [-0.39, 0.29) is 21.2 Å². The molecular formula is C14H13ClN2O3S. The maximum Gasteiger partial charge on any atom is 0.265 e. The summed E-state index contributed by atoms with van der Waals surface area (Å²) in [5.41, 5.74) is 5.60. The van der Waals surface area contributed by atoms with Gasteiger partial charge in [-0.25, -0.2) is 8.42 Å². The Morgan fingerprint density at radius 2 is 1.67 bits per heavy atom. The van der Waals surface area contributed by atoms with Gasteiger partial charge in [0.1, 0.15) is 4.90 Å². The van der Waals surface area contributed by atoms with Gasteiger partial charge >= 0.3 is 0 Å². The molecule has 5 nitrogen and oxygen atoms in total. The van der Waals surface area contributed by atoms with Crippen LogP contribution in [0.2, 0.25) is 5.02 Å². The number of carbonyl (C=O) groups excluding carboxylic acids is 1. The van der Waals surface area contributed by atoms with Crippen molar-refractivity contribution in [3.8, 4) is 0 Å². The summed E-state index contributed by atoms with van der Waals surface area (Å²) in [5, 5.41) is 0.112. The summed E-state index contributed by atoms with van der Waals surface area (Å²) in [4.78, 5) is 11.4. The maximum atomic E-state index is 12.6. The van der Waals surface area contributed by atoms with Crippen molar-refractivity contribution in [2.75, 3.05) is 11.4 Å². The first-order valence-electron chi connectivity index (χ1n) is 5.98. The number of nitrogens with zero attached hydrogens (tertiary/aromatic N) is 1. The summed E-state index contributed by atoms with van der Waals surface area (Å²) in [5.74, 6) is -0.702. The van der Waals surface area contributed by atoms with E-state index in [4.69, 9.17) is 17.3 Å². The molecule has 0 atom stereocenters. The molecule has 0 aliphatic heterocycles. The van der Waals surface area contributed by atoms with Crippen molar-refractivity contribution in [3.05, 3.63) is 59.1 Å². The molecule has 2 aromatic carbocycles. The van der Waals surface area contributed by atoms with Crippen LogP contribution in [0.15, 0.2) is 53.4 Å². The summed E-state index contributed by atoms with van der Waals surface area (Å²) in [6, 6.07) is 12.3. The molecule has 2 rings (SSSR count). The standard InChI is InChI=1S/C14H13ClN2O3S/c1-17(12-8-4-2-6-10(12)14(16)18)21(19,20)13-9-5-3-7-11(13)15/h2-9H,1H3,(H2,16,18). The largest absolute Gasteiger partial charge is 0.366 e. The van der Waals surface area contributed by atoms with Crippen LogP contribution in [0.5, 0.6) is 0 Å². The molecule has 0 saturated carbocycles. The number of amides is 1. The number of halogens is 1. The number of primary amides is 1. The van der Waals surface area contributed by atoms with E-state index in [1.54, 1.807) is 24.3 Å². The van der Waals surface area contributed by atoms with Gasteiger partial charge in [-0.2, -0.15) is 0 Å². The summed E-state index contributed by atoms with van der Waals surface area (Å²) in [6.07, 6.45) is 0. The van der Waals surface area contributed by atoms with Gasteiger partial charge < -0.3 is 5.73 Å². The zero-order valence-electron chi connectivity index (χ0n) is 11.2. The van der Waals surface area contributed by atoms with Gasteiger partial charge in [0.25, 0.3) is 15.9 Å². The Balaban J connectivity index is 2.57. The molecule has 1 amide bonds. The Kier molecular flexibility index (Phi) is 4.20. The normalized spacial score (nSPS) is 11.1. The van der Waals surface area contributed by atoms with Gasteiger partial charge in [-0.05, 0) is 24.3 Å². The number of sulfonamides is 1. The second-order valence-corrected chi connectivity index (χ2v) is 6.63. The molecule has 0 aromatic heterocycles. The van der Waals surface area contributed by atoms with Crippen molar-refractivity contribution in [1.29, 1.82) is 0 Å². The van der Waals surface area contributed by atoms with E-state index >= 15 is 0 Å². The highest BCUT2D eigenvalue weighted by Gasteiger charge is 2.26. The van der Waals surface area contributed by atoms with Gasteiger partial charge in [0.05, 0.1) is 16.3 Å². The number of para-hydroxylation sites is 1. The fourth-order valence-electron chi connectivity index (χ4n) is 1.89. The van der Waals surface area contributed by atoms with Crippen LogP contribution in [0.1, 0.15) is 10.4 Å². The molecule has 0 fully saturated rings. The van der Waals surface area contributed by atoms with Gasteiger partial charge in [-0.15, -0.1) is 0 Å². The Bertz CT molecular complexity index is 790. The van der Waals surface area contributed by atoms with Gasteiger partial charge in [0, 0.05) is 7.05 Å². The van der Waals surface area contributed by atoms with Crippen molar-refractivity contribution in [3.63, 3.8) is 0 Å². The number of nitrogens with two attached hydrogens (primary N) is 1. The van der Waals surface area contributed by atoms with E-state index < -0.39 is 15.9 Å². The minimum atomic E-state index is -3.89. The molecule has 0 spiro atoms. The topological polar surface area (TPSA) is 80.5 Å². The van der Waals surface area contributed by atoms with Gasteiger partial charge in [-0.1, -0.05) is 35.9 Å². The highest BCUT2D eigenvalue weighted by molar-refractivity contribution is 7.93. The van der Waals surface area contributed by atoms with Crippen LogP contribution in [-0.4, -0.2) is 21.4 Å². The van der Waals surface area contributed by atoms with Crippen LogP contribution >= 0.6 is 11.6 Å². The lowest BCUT2D eigenvalue weighted by atomic mass is 10.2. The highest BCUT2D eigenvalue weighted by Crippen LogP contribution is 2.28. The second-order valence-electron chi connectivity index (χ2n) is 4.28. The number of hydrogen-bond donors (Lipinski definition) is 1. The molecule has 2 aromatic rings. The molecule has 0 unspecified atom stereocenters. The highest BCUT2D eigenvalue weighted by atomic mass is 35.5. The summed E-state index contributed by atoms with van der Waals surface area (Å²) in [7, 11) is -2.54. The van der Waals surface area contributed by atoms with Gasteiger partial charge in [-0.3, -0.25) is 9.10 Å². The monoisotopic (exact) mass is 324 g/mol. The van der Waals surface area contributed by atoms with E-state index in [9.17, 15) is 13.2 Å². The van der Waals surface area contributed by atoms with Crippen molar-refractivity contribution in [2.24, 2.45) is 5.73 Å². The molecule has 2 N–H and O–H groups in total. The first-order valence-corrected chi connectivity index (χ1v) is 7.80. The first kappa shape index (κ1) is 15.3. The Hall–Kier alpha value is -2.05. The van der Waals surface area contributed by atoms with E-state index in [0.29, 0.717) is 0 Å². The second kappa shape index (κ2) is 5.75. The Morgan fingerprint density at radius 1 is 1.10 bits per heavy atom. The summed E-state index contributed by atoms with van der Waals surface area (Å²) < 4.78 is 26.2. The van der Waals surface area contributed by atoms with Crippen LogP contribution in [0.25, 0.3) is 0 Å². The number of carbonyl (C=O) groups is 1. The third kappa shape index (κ3) is 2.86. The van der Waals surface area contributed by atoms with E-state index in [0.717, 1.165) is 4.31 Å². The van der Waals surface area contributed by atoms with Crippen molar-refractivity contribution in [1.82, 2.24) is 0 Å². The van der Waals surface area contributed by atoms with Crippen molar-refractivity contribution >= 4 is 33.2 Å². The lowest BCUT2D eigenvalue weighted by Crippen LogP contribution is -2.29. The molecular weight excluding hydrogens is 312 g/mol. The van der Waals surface area contributed by atoms with Gasteiger partial charge in [0.2, 0.25) is 0 Å². The van der Waals surface area contributed by atoms with Crippen molar-refractivity contribution < 1.29 is 13.2 Å². The van der Waals surface area contributed by atoms with Gasteiger partial charge in [0.15, 0.2) is 0 Å². The molecule has 0 aliphatic rings. The minimum absolute atomic E-state index is 0.0339. The predicted octanol–water partition coefficient (Wildman–Crippen LogP) is 2.26. The fourth-order valence-corrected chi connectivity index (χ4v) is 3.59. The van der Waals surface area contributed by atoms with E-state index in [1.807, 2.05) is 0 Å².